The molecule has 1 heterocycles. The first-order chi connectivity index (χ1) is 8.22. The van der Waals surface area contributed by atoms with E-state index >= 15 is 0 Å². The summed E-state index contributed by atoms with van der Waals surface area (Å²) in [4.78, 5) is 19.8. The standard InChI is InChI=1S/C13H11FN2O/c1-2-12(17)10-5-4-9(14)8-11(10)13-15-6-3-7-16-13/h3-8H,2H2,1H3. The summed E-state index contributed by atoms with van der Waals surface area (Å²) < 4.78 is 13.2. The molecule has 86 valence electrons. The Bertz CT molecular complexity index is 540. The fraction of sp³-hybridized carbons (Fsp3) is 0.154. The Hall–Kier alpha value is -2.10. The molecular weight excluding hydrogens is 219 g/mol. The number of hydrogen-bond acceptors (Lipinski definition) is 3. The Kier molecular flexibility index (Phi) is 3.23. The molecule has 0 bridgehead atoms. The van der Waals surface area contributed by atoms with Gasteiger partial charge >= 0.3 is 0 Å². The van der Waals surface area contributed by atoms with Crippen LogP contribution in [0.4, 0.5) is 4.39 Å². The maximum absolute atomic E-state index is 13.2. The fourth-order valence-corrected chi connectivity index (χ4v) is 1.57. The molecule has 0 aliphatic rings. The lowest BCUT2D eigenvalue weighted by Crippen LogP contribution is -2.02. The van der Waals surface area contributed by atoms with Crippen molar-refractivity contribution in [2.45, 2.75) is 13.3 Å². The average molecular weight is 230 g/mol. The van der Waals surface area contributed by atoms with Crippen molar-refractivity contribution >= 4 is 5.78 Å². The van der Waals surface area contributed by atoms with Gasteiger partial charge in [0.2, 0.25) is 0 Å². The summed E-state index contributed by atoms with van der Waals surface area (Å²) in [7, 11) is 0. The van der Waals surface area contributed by atoms with Gasteiger partial charge in [0.05, 0.1) is 0 Å². The summed E-state index contributed by atoms with van der Waals surface area (Å²) in [5.41, 5.74) is 0.901. The van der Waals surface area contributed by atoms with Gasteiger partial charge in [0.25, 0.3) is 0 Å². The van der Waals surface area contributed by atoms with Crippen molar-refractivity contribution < 1.29 is 9.18 Å². The van der Waals surface area contributed by atoms with Crippen LogP contribution in [-0.4, -0.2) is 15.8 Å². The minimum atomic E-state index is -0.403. The van der Waals surface area contributed by atoms with Crippen LogP contribution in [0.3, 0.4) is 0 Å². The van der Waals surface area contributed by atoms with Crippen LogP contribution in [0.5, 0.6) is 0 Å². The third-order valence-corrected chi connectivity index (χ3v) is 2.41. The van der Waals surface area contributed by atoms with Crippen molar-refractivity contribution in [2.24, 2.45) is 0 Å². The molecule has 0 saturated carbocycles. The van der Waals surface area contributed by atoms with Crippen LogP contribution in [-0.2, 0) is 0 Å². The van der Waals surface area contributed by atoms with Crippen molar-refractivity contribution in [1.29, 1.82) is 0 Å². The fourth-order valence-electron chi connectivity index (χ4n) is 1.57. The SMILES string of the molecule is CCC(=O)c1ccc(F)cc1-c1ncccn1. The van der Waals surface area contributed by atoms with Gasteiger partial charge in [-0.2, -0.15) is 0 Å². The predicted molar refractivity (Wildman–Crippen MR) is 62.0 cm³/mol. The highest BCUT2D eigenvalue weighted by atomic mass is 19.1. The van der Waals surface area contributed by atoms with Crippen LogP contribution in [0.15, 0.2) is 36.7 Å². The van der Waals surface area contributed by atoms with E-state index in [-0.39, 0.29) is 5.78 Å². The monoisotopic (exact) mass is 230 g/mol. The Morgan fingerprint density at radius 3 is 2.65 bits per heavy atom. The summed E-state index contributed by atoms with van der Waals surface area (Å²) in [6.45, 7) is 1.77. The van der Waals surface area contributed by atoms with E-state index in [4.69, 9.17) is 0 Å². The number of aromatic nitrogens is 2. The van der Waals surface area contributed by atoms with E-state index < -0.39 is 5.82 Å². The highest BCUT2D eigenvalue weighted by molar-refractivity contribution is 6.01. The summed E-state index contributed by atoms with van der Waals surface area (Å²) in [6, 6.07) is 5.71. The number of nitrogens with zero attached hydrogens (tertiary/aromatic N) is 2. The maximum Gasteiger partial charge on any atom is 0.163 e. The Morgan fingerprint density at radius 2 is 2.00 bits per heavy atom. The molecule has 0 radical (unpaired) electrons. The molecule has 0 aliphatic heterocycles. The smallest absolute Gasteiger partial charge is 0.163 e. The molecule has 0 N–H and O–H groups in total. The molecule has 1 aromatic carbocycles. The number of hydrogen-bond donors (Lipinski definition) is 0. The van der Waals surface area contributed by atoms with Crippen LogP contribution in [0, 0.1) is 5.82 Å². The lowest BCUT2D eigenvalue weighted by Gasteiger charge is -2.06. The number of carbonyl (C=O) groups excluding carboxylic acids is 1. The lowest BCUT2D eigenvalue weighted by molar-refractivity contribution is 0.0988. The van der Waals surface area contributed by atoms with Crippen LogP contribution < -0.4 is 0 Å². The van der Waals surface area contributed by atoms with Gasteiger partial charge in [0.15, 0.2) is 11.6 Å². The second-order valence-electron chi connectivity index (χ2n) is 3.54. The molecule has 0 unspecified atom stereocenters. The van der Waals surface area contributed by atoms with Gasteiger partial charge in [-0.3, -0.25) is 4.79 Å². The van der Waals surface area contributed by atoms with Gasteiger partial charge < -0.3 is 0 Å². The highest BCUT2D eigenvalue weighted by Crippen LogP contribution is 2.22. The third-order valence-electron chi connectivity index (χ3n) is 2.41. The van der Waals surface area contributed by atoms with Gasteiger partial charge in [-0.25, -0.2) is 14.4 Å². The summed E-state index contributed by atoms with van der Waals surface area (Å²) >= 11 is 0. The molecule has 0 aliphatic carbocycles. The number of benzene rings is 1. The third kappa shape index (κ3) is 2.36. The molecule has 0 saturated heterocycles. The first-order valence-corrected chi connectivity index (χ1v) is 5.32. The molecule has 0 spiro atoms. The molecule has 4 heteroatoms. The minimum Gasteiger partial charge on any atom is -0.294 e. The number of Topliss-reactive ketones (excluding diaryl/α,β-unsaturated/α-hetero) is 1. The minimum absolute atomic E-state index is 0.0487. The number of halogens is 1. The molecule has 2 aromatic rings. The van der Waals surface area contributed by atoms with E-state index in [1.165, 1.54) is 18.2 Å². The van der Waals surface area contributed by atoms with Gasteiger partial charge in [0.1, 0.15) is 5.82 Å². The molecule has 2 rings (SSSR count). The molecule has 3 nitrogen and oxygen atoms in total. The van der Waals surface area contributed by atoms with E-state index in [0.717, 1.165) is 0 Å². The zero-order valence-electron chi connectivity index (χ0n) is 9.35. The van der Waals surface area contributed by atoms with E-state index in [9.17, 15) is 9.18 Å². The van der Waals surface area contributed by atoms with Crippen molar-refractivity contribution in [3.8, 4) is 11.4 Å². The van der Waals surface area contributed by atoms with E-state index in [0.29, 0.717) is 23.4 Å². The number of rotatable bonds is 3. The summed E-state index contributed by atoms with van der Waals surface area (Å²) in [6.07, 6.45) is 3.49. The summed E-state index contributed by atoms with van der Waals surface area (Å²) in [5, 5.41) is 0. The highest BCUT2D eigenvalue weighted by Gasteiger charge is 2.13. The lowest BCUT2D eigenvalue weighted by atomic mass is 10.0. The van der Waals surface area contributed by atoms with Crippen LogP contribution in [0.1, 0.15) is 23.7 Å². The van der Waals surface area contributed by atoms with E-state index in [1.807, 2.05) is 0 Å². The van der Waals surface area contributed by atoms with Gasteiger partial charge in [-0.15, -0.1) is 0 Å². The number of ketones is 1. The summed E-state index contributed by atoms with van der Waals surface area (Å²) in [5.74, 6) is -0.0867. The van der Waals surface area contributed by atoms with Crippen LogP contribution in [0.25, 0.3) is 11.4 Å². The largest absolute Gasteiger partial charge is 0.294 e. The van der Waals surface area contributed by atoms with Crippen LogP contribution >= 0.6 is 0 Å². The topological polar surface area (TPSA) is 42.9 Å². The van der Waals surface area contributed by atoms with Gasteiger partial charge in [-0.05, 0) is 24.3 Å². The van der Waals surface area contributed by atoms with Gasteiger partial charge in [0, 0.05) is 29.9 Å². The first kappa shape index (κ1) is 11.4. The molecule has 1 aromatic heterocycles. The zero-order valence-corrected chi connectivity index (χ0v) is 9.35. The first-order valence-electron chi connectivity index (χ1n) is 5.32. The van der Waals surface area contributed by atoms with Gasteiger partial charge in [-0.1, -0.05) is 6.92 Å². The molecular formula is C13H11FN2O. The quantitative estimate of drug-likeness (QED) is 0.761. The van der Waals surface area contributed by atoms with Crippen molar-refractivity contribution in [3.05, 3.63) is 48.0 Å². The zero-order chi connectivity index (χ0) is 12.3. The van der Waals surface area contributed by atoms with Crippen molar-refractivity contribution in [2.75, 3.05) is 0 Å². The van der Waals surface area contributed by atoms with Crippen molar-refractivity contribution in [3.63, 3.8) is 0 Å². The Morgan fingerprint density at radius 1 is 1.29 bits per heavy atom. The second kappa shape index (κ2) is 4.82. The average Bonchev–Trinajstić information content (AvgIpc) is 2.39. The molecule has 0 amide bonds. The Balaban J connectivity index is 2.59. The molecule has 0 fully saturated rings. The Labute approximate surface area is 98.3 Å². The maximum atomic E-state index is 13.2. The predicted octanol–water partition coefficient (Wildman–Crippen LogP) is 2.88. The normalized spacial score (nSPS) is 10.2. The molecule has 17 heavy (non-hydrogen) atoms. The second-order valence-corrected chi connectivity index (χ2v) is 3.54. The van der Waals surface area contributed by atoms with Crippen LogP contribution in [0.2, 0.25) is 0 Å². The van der Waals surface area contributed by atoms with Crippen molar-refractivity contribution in [1.82, 2.24) is 9.97 Å². The van der Waals surface area contributed by atoms with E-state index in [1.54, 1.807) is 25.4 Å². The molecule has 0 atom stereocenters. The number of carbonyl (C=O) groups is 1. The van der Waals surface area contributed by atoms with E-state index in [2.05, 4.69) is 9.97 Å².